The quantitative estimate of drug-likeness (QED) is 0.541. The van der Waals surface area contributed by atoms with E-state index < -0.39 is 0 Å². The molecule has 2 aromatic heterocycles. The molecule has 4 rings (SSSR count). The Hall–Kier alpha value is -3.34. The minimum atomic E-state index is 0.562. The number of anilines is 1. The SMILES string of the molecule is Cc1ccc(-c2nc(CNc3cc(C)nn3-c3ccc(C)cc3)co2)cc1. The molecule has 0 aliphatic heterocycles. The summed E-state index contributed by atoms with van der Waals surface area (Å²) < 4.78 is 7.55. The molecule has 0 aliphatic rings. The molecule has 2 heterocycles. The van der Waals surface area contributed by atoms with E-state index in [0.29, 0.717) is 12.4 Å². The molecule has 0 saturated heterocycles. The standard InChI is InChI=1S/C22H22N4O/c1-15-4-8-18(9-5-15)22-24-19(14-27-22)13-23-21-12-17(3)25-26(21)20-10-6-16(2)7-11-20/h4-12,14,23H,13H2,1-3H3. The van der Waals surface area contributed by atoms with E-state index in [0.717, 1.165) is 28.5 Å². The molecule has 5 heteroatoms. The largest absolute Gasteiger partial charge is 0.444 e. The Morgan fingerprint density at radius 3 is 2.30 bits per heavy atom. The van der Waals surface area contributed by atoms with Crippen LogP contribution in [0.3, 0.4) is 0 Å². The third kappa shape index (κ3) is 3.77. The second kappa shape index (κ2) is 7.11. The van der Waals surface area contributed by atoms with Gasteiger partial charge in [0.2, 0.25) is 5.89 Å². The van der Waals surface area contributed by atoms with Crippen molar-refractivity contribution in [2.75, 3.05) is 5.32 Å². The molecule has 136 valence electrons. The van der Waals surface area contributed by atoms with Crippen LogP contribution in [0.5, 0.6) is 0 Å². The van der Waals surface area contributed by atoms with Gasteiger partial charge >= 0.3 is 0 Å². The molecule has 0 atom stereocenters. The van der Waals surface area contributed by atoms with Crippen LogP contribution in [0.25, 0.3) is 17.1 Å². The van der Waals surface area contributed by atoms with E-state index in [1.165, 1.54) is 11.1 Å². The summed E-state index contributed by atoms with van der Waals surface area (Å²) in [6.45, 7) is 6.69. The average molecular weight is 358 g/mol. The van der Waals surface area contributed by atoms with Crippen molar-refractivity contribution < 1.29 is 4.42 Å². The van der Waals surface area contributed by atoms with Gasteiger partial charge in [-0.3, -0.25) is 0 Å². The van der Waals surface area contributed by atoms with Crippen LogP contribution >= 0.6 is 0 Å². The zero-order valence-electron chi connectivity index (χ0n) is 15.7. The molecule has 0 aliphatic carbocycles. The fraction of sp³-hybridized carbons (Fsp3) is 0.182. The van der Waals surface area contributed by atoms with E-state index in [-0.39, 0.29) is 0 Å². The first-order valence-electron chi connectivity index (χ1n) is 8.97. The van der Waals surface area contributed by atoms with E-state index >= 15 is 0 Å². The van der Waals surface area contributed by atoms with Crippen LogP contribution in [0.2, 0.25) is 0 Å². The molecule has 2 aromatic carbocycles. The number of hydrogen-bond acceptors (Lipinski definition) is 4. The lowest BCUT2D eigenvalue weighted by Crippen LogP contribution is -2.06. The van der Waals surface area contributed by atoms with Crippen molar-refractivity contribution in [3.63, 3.8) is 0 Å². The summed E-state index contributed by atoms with van der Waals surface area (Å²) in [6, 6.07) is 18.5. The van der Waals surface area contributed by atoms with Crippen LogP contribution in [-0.2, 0) is 6.54 Å². The molecule has 27 heavy (non-hydrogen) atoms. The Bertz CT molecular complexity index is 1040. The maximum Gasteiger partial charge on any atom is 0.226 e. The lowest BCUT2D eigenvalue weighted by Gasteiger charge is -2.09. The van der Waals surface area contributed by atoms with Crippen molar-refractivity contribution in [1.82, 2.24) is 14.8 Å². The second-order valence-corrected chi connectivity index (χ2v) is 6.78. The van der Waals surface area contributed by atoms with Gasteiger partial charge in [-0.05, 0) is 45.0 Å². The number of aromatic nitrogens is 3. The van der Waals surface area contributed by atoms with Gasteiger partial charge in [0, 0.05) is 11.6 Å². The van der Waals surface area contributed by atoms with Gasteiger partial charge in [-0.25, -0.2) is 9.67 Å². The first kappa shape index (κ1) is 17.1. The Morgan fingerprint density at radius 1 is 0.926 bits per heavy atom. The predicted octanol–water partition coefficient (Wildman–Crippen LogP) is 5.06. The summed E-state index contributed by atoms with van der Waals surface area (Å²) in [7, 11) is 0. The lowest BCUT2D eigenvalue weighted by molar-refractivity contribution is 0.573. The van der Waals surface area contributed by atoms with Gasteiger partial charge < -0.3 is 9.73 Å². The van der Waals surface area contributed by atoms with Gasteiger partial charge in [-0.1, -0.05) is 35.4 Å². The normalized spacial score (nSPS) is 10.9. The molecular weight excluding hydrogens is 336 g/mol. The summed E-state index contributed by atoms with van der Waals surface area (Å²) in [5, 5.41) is 8.01. The maximum atomic E-state index is 5.64. The minimum Gasteiger partial charge on any atom is -0.444 e. The number of benzene rings is 2. The molecular formula is C22H22N4O. The van der Waals surface area contributed by atoms with Gasteiger partial charge in [0.05, 0.1) is 23.6 Å². The number of nitrogens with one attached hydrogen (secondary N) is 1. The van der Waals surface area contributed by atoms with Crippen molar-refractivity contribution in [2.45, 2.75) is 27.3 Å². The van der Waals surface area contributed by atoms with E-state index in [2.05, 4.69) is 65.6 Å². The highest BCUT2D eigenvalue weighted by Gasteiger charge is 2.10. The Kier molecular flexibility index (Phi) is 4.50. The van der Waals surface area contributed by atoms with E-state index in [4.69, 9.17) is 4.42 Å². The van der Waals surface area contributed by atoms with Crippen LogP contribution in [0.1, 0.15) is 22.5 Å². The highest BCUT2D eigenvalue weighted by Crippen LogP contribution is 2.21. The van der Waals surface area contributed by atoms with E-state index in [1.807, 2.05) is 29.8 Å². The smallest absolute Gasteiger partial charge is 0.226 e. The van der Waals surface area contributed by atoms with Crippen LogP contribution in [-0.4, -0.2) is 14.8 Å². The first-order chi connectivity index (χ1) is 13.1. The molecule has 0 unspecified atom stereocenters. The highest BCUT2D eigenvalue weighted by molar-refractivity contribution is 5.54. The average Bonchev–Trinajstić information content (AvgIpc) is 3.28. The Balaban J connectivity index is 1.51. The molecule has 0 fully saturated rings. The molecule has 0 saturated carbocycles. The summed E-state index contributed by atoms with van der Waals surface area (Å²) >= 11 is 0. The summed E-state index contributed by atoms with van der Waals surface area (Å²) in [6.07, 6.45) is 1.70. The number of nitrogens with zero attached hydrogens (tertiary/aromatic N) is 3. The fourth-order valence-electron chi connectivity index (χ4n) is 2.91. The van der Waals surface area contributed by atoms with Crippen molar-refractivity contribution >= 4 is 5.82 Å². The molecule has 4 aromatic rings. The van der Waals surface area contributed by atoms with Crippen LogP contribution in [0.15, 0.2) is 65.3 Å². The third-order valence-electron chi connectivity index (χ3n) is 4.41. The van der Waals surface area contributed by atoms with Crippen molar-refractivity contribution in [3.8, 4) is 17.1 Å². The first-order valence-corrected chi connectivity index (χ1v) is 8.97. The van der Waals surface area contributed by atoms with Gasteiger partial charge in [0.15, 0.2) is 0 Å². The maximum absolute atomic E-state index is 5.64. The minimum absolute atomic E-state index is 0.562. The molecule has 0 amide bonds. The van der Waals surface area contributed by atoms with Crippen molar-refractivity contribution in [3.05, 3.63) is 83.4 Å². The Labute approximate surface area is 158 Å². The predicted molar refractivity (Wildman–Crippen MR) is 107 cm³/mol. The van der Waals surface area contributed by atoms with Crippen molar-refractivity contribution in [1.29, 1.82) is 0 Å². The summed E-state index contributed by atoms with van der Waals surface area (Å²) in [5.74, 6) is 1.56. The number of aryl methyl sites for hydroxylation is 3. The summed E-state index contributed by atoms with van der Waals surface area (Å²) in [4.78, 5) is 4.59. The van der Waals surface area contributed by atoms with Crippen molar-refractivity contribution in [2.24, 2.45) is 0 Å². The zero-order chi connectivity index (χ0) is 18.8. The fourth-order valence-corrected chi connectivity index (χ4v) is 2.91. The number of hydrogen-bond donors (Lipinski definition) is 1. The Morgan fingerprint density at radius 2 is 1.59 bits per heavy atom. The van der Waals surface area contributed by atoms with Gasteiger partial charge in [-0.2, -0.15) is 5.10 Å². The van der Waals surface area contributed by atoms with Gasteiger partial charge in [0.1, 0.15) is 12.1 Å². The zero-order valence-corrected chi connectivity index (χ0v) is 15.7. The molecule has 0 bridgehead atoms. The van der Waals surface area contributed by atoms with Crippen LogP contribution in [0.4, 0.5) is 5.82 Å². The molecule has 5 nitrogen and oxygen atoms in total. The van der Waals surface area contributed by atoms with Gasteiger partial charge in [0.25, 0.3) is 0 Å². The second-order valence-electron chi connectivity index (χ2n) is 6.78. The van der Waals surface area contributed by atoms with E-state index in [1.54, 1.807) is 6.26 Å². The van der Waals surface area contributed by atoms with Gasteiger partial charge in [-0.15, -0.1) is 0 Å². The summed E-state index contributed by atoms with van der Waals surface area (Å²) in [5.41, 5.74) is 6.25. The highest BCUT2D eigenvalue weighted by atomic mass is 16.3. The topological polar surface area (TPSA) is 55.9 Å². The molecule has 1 N–H and O–H groups in total. The number of oxazole rings is 1. The third-order valence-corrected chi connectivity index (χ3v) is 4.41. The van der Waals surface area contributed by atoms with Crippen LogP contribution < -0.4 is 5.32 Å². The van der Waals surface area contributed by atoms with E-state index in [9.17, 15) is 0 Å². The molecule has 0 radical (unpaired) electrons. The lowest BCUT2D eigenvalue weighted by atomic mass is 10.1. The molecule has 0 spiro atoms. The monoisotopic (exact) mass is 358 g/mol. The van der Waals surface area contributed by atoms with Crippen LogP contribution in [0, 0.1) is 20.8 Å². The number of rotatable bonds is 5.